The number of rotatable bonds is 6. The summed E-state index contributed by atoms with van der Waals surface area (Å²) >= 11 is 0. The highest BCUT2D eigenvalue weighted by atomic mass is 16.3. The van der Waals surface area contributed by atoms with E-state index in [2.05, 4.69) is 303 Å². The molecule has 0 N–H and O–H groups in total. The first kappa shape index (κ1) is 49.7. The second kappa shape index (κ2) is 17.7. The van der Waals surface area contributed by atoms with Gasteiger partial charge in [0.1, 0.15) is 11.2 Å². The van der Waals surface area contributed by atoms with Crippen LogP contribution in [0.2, 0.25) is 0 Å². The maximum absolute atomic E-state index is 6.77. The molecule has 0 unspecified atom stereocenters. The number of fused-ring (bicyclic) bond motifs is 10. The van der Waals surface area contributed by atoms with Gasteiger partial charge < -0.3 is 19.1 Å². The lowest BCUT2D eigenvalue weighted by molar-refractivity contribution is 0.590. The third kappa shape index (κ3) is 7.87. The molecule has 2 aliphatic heterocycles. The van der Waals surface area contributed by atoms with Crippen LogP contribution in [-0.2, 0) is 21.7 Å². The minimum Gasteiger partial charge on any atom is -0.456 e. The Morgan fingerprint density at radius 2 is 0.950 bits per heavy atom. The molecule has 4 nitrogen and oxygen atoms in total. The Hall–Kier alpha value is -8.54. The van der Waals surface area contributed by atoms with E-state index < -0.39 is 0 Å². The van der Waals surface area contributed by atoms with E-state index in [-0.39, 0.29) is 28.4 Å². The number of hydrogen-bond acceptors (Lipinski definition) is 4. The molecule has 0 atom stereocenters. The van der Waals surface area contributed by atoms with Crippen molar-refractivity contribution in [1.29, 1.82) is 0 Å². The normalized spacial score (nSPS) is 14.2. The zero-order valence-corrected chi connectivity index (χ0v) is 48.0. The summed E-state index contributed by atoms with van der Waals surface area (Å²) < 4.78 is 6.77. The first-order valence-electron chi connectivity index (χ1n) is 28.6. The molecule has 0 radical (unpaired) electrons. The Morgan fingerprint density at radius 3 is 1.62 bits per heavy atom. The van der Waals surface area contributed by atoms with Gasteiger partial charge in [0.2, 0.25) is 0 Å². The number of nitrogens with zero attached hydrogens (tertiary/aromatic N) is 3. The standard InChI is InChI=1S/C75H68BN3O/c1-72(2,3)49-26-30-52(31-27-49)77(53-32-28-50(29-33-53)73(4,5)6)55-36-39-63-66(45-55)79(56-35-38-60-59-22-16-18-24-69(59)80-70(60)46-56)68-43-51(74(7,8)9)42-67-71(68)76(63)64-41-48(47-19-13-12-14-20-47)25-40-65(64)78(67)54-34-37-58-57-21-15-17-23-61(57)75(10,11)62(58)44-54/h12-46H,1-11H3. The van der Waals surface area contributed by atoms with Crippen LogP contribution in [0.1, 0.15) is 104 Å². The van der Waals surface area contributed by atoms with Crippen LogP contribution in [-0.4, -0.2) is 6.71 Å². The summed E-state index contributed by atoms with van der Waals surface area (Å²) in [6.07, 6.45) is 0. The summed E-state index contributed by atoms with van der Waals surface area (Å²) in [6.45, 7) is 25.5. The lowest BCUT2D eigenvalue weighted by Crippen LogP contribution is -2.61. The van der Waals surface area contributed by atoms with Crippen LogP contribution in [0.3, 0.4) is 0 Å². The van der Waals surface area contributed by atoms with Crippen LogP contribution in [0.4, 0.5) is 51.2 Å². The lowest BCUT2D eigenvalue weighted by Gasteiger charge is -2.45. The summed E-state index contributed by atoms with van der Waals surface area (Å²) in [6, 6.07) is 80.4. The van der Waals surface area contributed by atoms with E-state index in [0.717, 1.165) is 56.1 Å². The molecular formula is C75H68BN3O. The lowest BCUT2D eigenvalue weighted by atomic mass is 9.33. The summed E-state index contributed by atoms with van der Waals surface area (Å²) in [5, 5.41) is 2.23. The molecule has 14 rings (SSSR count). The van der Waals surface area contributed by atoms with Crippen LogP contribution >= 0.6 is 0 Å². The summed E-state index contributed by atoms with van der Waals surface area (Å²) in [7, 11) is 0. The first-order valence-corrected chi connectivity index (χ1v) is 28.6. The van der Waals surface area contributed by atoms with E-state index in [1.54, 1.807) is 0 Å². The van der Waals surface area contributed by atoms with Crippen molar-refractivity contribution in [3.8, 4) is 22.3 Å². The third-order valence-corrected chi connectivity index (χ3v) is 17.7. The van der Waals surface area contributed by atoms with Crippen LogP contribution < -0.4 is 31.1 Å². The van der Waals surface area contributed by atoms with Gasteiger partial charge in [-0.1, -0.05) is 197 Å². The predicted molar refractivity (Wildman–Crippen MR) is 342 cm³/mol. The SMILES string of the molecule is CC(C)(C)c1ccc(N(c2ccc(C(C)(C)C)cc2)c2ccc3c(c2)N(c2ccc4c(c2)oc2ccccc24)c2cc(C(C)(C)C)cc4c2B3c2cc(-c3ccccc3)ccc2N4c2ccc3c(c2)C(C)(C)c2ccccc2-3)cc1. The van der Waals surface area contributed by atoms with Gasteiger partial charge >= 0.3 is 0 Å². The molecule has 11 aromatic rings. The van der Waals surface area contributed by atoms with Gasteiger partial charge in [0.05, 0.1) is 0 Å². The van der Waals surface area contributed by atoms with E-state index in [4.69, 9.17) is 4.42 Å². The fourth-order valence-corrected chi connectivity index (χ4v) is 13.3. The van der Waals surface area contributed by atoms with Crippen molar-refractivity contribution in [1.82, 2.24) is 0 Å². The van der Waals surface area contributed by atoms with Crippen LogP contribution in [0.5, 0.6) is 0 Å². The molecule has 10 aromatic carbocycles. The third-order valence-electron chi connectivity index (χ3n) is 17.7. The van der Waals surface area contributed by atoms with Gasteiger partial charge in [-0.25, -0.2) is 0 Å². The van der Waals surface area contributed by atoms with Gasteiger partial charge in [-0.3, -0.25) is 0 Å². The van der Waals surface area contributed by atoms with Crippen LogP contribution in [0, 0.1) is 0 Å². The number of anilines is 9. The molecule has 0 amide bonds. The molecule has 0 saturated carbocycles. The highest BCUT2D eigenvalue weighted by Crippen LogP contribution is 2.53. The number of para-hydroxylation sites is 1. The average Bonchev–Trinajstić information content (AvgIpc) is 4.09. The summed E-state index contributed by atoms with van der Waals surface area (Å²) in [4.78, 5) is 7.61. The van der Waals surface area contributed by atoms with E-state index in [1.807, 2.05) is 0 Å². The minimum absolute atomic E-state index is 0.0123. The molecule has 1 aliphatic carbocycles. The fourth-order valence-electron chi connectivity index (χ4n) is 13.3. The minimum atomic E-state index is -0.197. The Kier molecular flexibility index (Phi) is 11.0. The average molecular weight is 1040 g/mol. The van der Waals surface area contributed by atoms with E-state index >= 15 is 0 Å². The highest BCUT2D eigenvalue weighted by molar-refractivity contribution is 7.00. The van der Waals surface area contributed by atoms with E-state index in [1.165, 1.54) is 83.5 Å². The monoisotopic (exact) mass is 1040 g/mol. The van der Waals surface area contributed by atoms with Gasteiger partial charge in [-0.05, 0) is 168 Å². The van der Waals surface area contributed by atoms with Gasteiger partial charge in [-0.15, -0.1) is 0 Å². The molecule has 0 spiro atoms. The van der Waals surface area contributed by atoms with Gasteiger partial charge in [-0.2, -0.15) is 0 Å². The van der Waals surface area contributed by atoms with E-state index in [0.29, 0.717) is 0 Å². The molecule has 0 bridgehead atoms. The van der Waals surface area contributed by atoms with Gasteiger partial charge in [0.15, 0.2) is 0 Å². The Labute approximate surface area is 473 Å². The van der Waals surface area contributed by atoms with Crippen LogP contribution in [0.15, 0.2) is 217 Å². The van der Waals surface area contributed by atoms with Crippen molar-refractivity contribution < 1.29 is 4.42 Å². The number of benzene rings is 10. The van der Waals surface area contributed by atoms with E-state index in [9.17, 15) is 0 Å². The maximum atomic E-state index is 6.77. The summed E-state index contributed by atoms with van der Waals surface area (Å²) in [5.41, 5.74) is 27.1. The molecule has 3 heterocycles. The Bertz CT molecular complexity index is 4220. The second-order valence-corrected chi connectivity index (χ2v) is 26.3. The maximum Gasteiger partial charge on any atom is 0.252 e. The van der Waals surface area contributed by atoms with Gasteiger partial charge in [0.25, 0.3) is 6.71 Å². The Morgan fingerprint density at radius 1 is 0.388 bits per heavy atom. The van der Waals surface area contributed by atoms with Crippen molar-refractivity contribution in [2.45, 2.75) is 97.8 Å². The topological polar surface area (TPSA) is 22.9 Å². The summed E-state index contributed by atoms with van der Waals surface area (Å²) in [5.74, 6) is 0. The highest BCUT2D eigenvalue weighted by Gasteiger charge is 2.45. The first-order chi connectivity index (χ1) is 38.3. The van der Waals surface area contributed by atoms with Crippen molar-refractivity contribution in [2.24, 2.45) is 0 Å². The number of hydrogen-bond donors (Lipinski definition) is 0. The number of furan rings is 1. The second-order valence-electron chi connectivity index (χ2n) is 26.3. The molecule has 5 heteroatoms. The predicted octanol–water partition coefficient (Wildman–Crippen LogP) is 19.0. The molecule has 1 aromatic heterocycles. The van der Waals surface area contributed by atoms with Crippen molar-refractivity contribution in [3.05, 3.63) is 240 Å². The quantitative estimate of drug-likeness (QED) is 0.155. The molecule has 0 fully saturated rings. The Balaban J connectivity index is 1.06. The largest absolute Gasteiger partial charge is 0.456 e. The van der Waals surface area contributed by atoms with Crippen LogP contribution in [0.25, 0.3) is 44.2 Å². The van der Waals surface area contributed by atoms with Crippen molar-refractivity contribution in [2.75, 3.05) is 14.7 Å². The zero-order valence-electron chi connectivity index (χ0n) is 48.0. The molecule has 0 saturated heterocycles. The molecule has 3 aliphatic rings. The molecule has 80 heavy (non-hydrogen) atoms. The fraction of sp³-hybridized carbons (Fsp3) is 0.200. The molecular weight excluding hydrogens is 970 g/mol. The zero-order chi connectivity index (χ0) is 55.2. The van der Waals surface area contributed by atoms with Crippen molar-refractivity contribution >= 4 is 96.2 Å². The smallest absolute Gasteiger partial charge is 0.252 e. The molecule has 392 valence electrons. The van der Waals surface area contributed by atoms with Gasteiger partial charge in [0, 0.05) is 73.4 Å². The van der Waals surface area contributed by atoms with Crippen molar-refractivity contribution in [3.63, 3.8) is 0 Å².